The number of aromatic nitrogens is 2. The Hall–Kier alpha value is -4.87. The molecule has 5 rings (SSSR count). The average molecular weight is 624 g/mol. The molecular weight excluding hydrogens is 599 g/mol. The first-order valence-electron chi connectivity index (χ1n) is 13.3. The number of pyridine rings is 1. The van der Waals surface area contributed by atoms with Gasteiger partial charge in [-0.25, -0.2) is 9.78 Å². The summed E-state index contributed by atoms with van der Waals surface area (Å²) >= 11 is 6.00. The normalized spacial score (nSPS) is 12.3. The maximum atomic E-state index is 13.4. The van der Waals surface area contributed by atoms with Crippen molar-refractivity contribution in [2.24, 2.45) is 0 Å². The molecule has 0 saturated carbocycles. The standard InChI is InChI=1S/C32H25ClF3N3O5/c1-43-31(42)28(16-20-4-12-26(40)13-5-20)39(18-21-2-8-24(9-3-21)32(34,35)36)44-30(41)27-19-38-15-14-23(17-29(38)37-27)22-6-10-25(33)11-7-22/h2-15,17,19,28,40H,16,18H2,1H3/t28-/m0/s1. The van der Waals surface area contributed by atoms with Crippen LogP contribution in [-0.2, 0) is 33.5 Å². The zero-order chi connectivity index (χ0) is 31.4. The van der Waals surface area contributed by atoms with Crippen LogP contribution in [0.2, 0.25) is 5.02 Å². The second-order valence-electron chi connectivity index (χ2n) is 9.87. The van der Waals surface area contributed by atoms with Gasteiger partial charge in [0, 0.05) is 23.8 Å². The number of esters is 1. The van der Waals surface area contributed by atoms with E-state index in [0.717, 1.165) is 28.3 Å². The summed E-state index contributed by atoms with van der Waals surface area (Å²) in [5.74, 6) is -1.63. The van der Waals surface area contributed by atoms with Gasteiger partial charge in [-0.2, -0.15) is 13.2 Å². The number of hydrogen-bond donors (Lipinski definition) is 1. The molecule has 0 saturated heterocycles. The molecule has 0 fully saturated rings. The molecule has 2 heterocycles. The highest BCUT2D eigenvalue weighted by Gasteiger charge is 2.33. The lowest BCUT2D eigenvalue weighted by atomic mass is 10.0. The molecular formula is C32H25ClF3N3O5. The first-order valence-corrected chi connectivity index (χ1v) is 13.6. The molecule has 0 amide bonds. The first-order chi connectivity index (χ1) is 21.0. The predicted molar refractivity (Wildman–Crippen MR) is 156 cm³/mol. The lowest BCUT2D eigenvalue weighted by Crippen LogP contribution is -2.44. The van der Waals surface area contributed by atoms with Crippen molar-refractivity contribution in [1.82, 2.24) is 14.4 Å². The Kier molecular flexibility index (Phi) is 8.88. The third-order valence-electron chi connectivity index (χ3n) is 6.85. The minimum atomic E-state index is -4.53. The molecule has 8 nitrogen and oxygen atoms in total. The van der Waals surface area contributed by atoms with E-state index in [1.807, 2.05) is 18.2 Å². The highest BCUT2D eigenvalue weighted by Crippen LogP contribution is 2.30. The van der Waals surface area contributed by atoms with E-state index in [1.165, 1.54) is 37.6 Å². The van der Waals surface area contributed by atoms with Crippen LogP contribution in [0, 0.1) is 0 Å². The van der Waals surface area contributed by atoms with Gasteiger partial charge in [0.05, 0.1) is 19.2 Å². The number of phenolic OH excluding ortho intramolecular Hbond substituents is 1. The number of alkyl halides is 3. The predicted octanol–water partition coefficient (Wildman–Crippen LogP) is 6.74. The molecule has 0 aliphatic carbocycles. The van der Waals surface area contributed by atoms with Crippen molar-refractivity contribution < 1.29 is 37.4 Å². The third-order valence-corrected chi connectivity index (χ3v) is 7.10. The topological polar surface area (TPSA) is 93.4 Å². The lowest BCUT2D eigenvalue weighted by Gasteiger charge is -2.28. The monoisotopic (exact) mass is 623 g/mol. The summed E-state index contributed by atoms with van der Waals surface area (Å²) < 4.78 is 46.1. The fourth-order valence-corrected chi connectivity index (χ4v) is 4.66. The summed E-state index contributed by atoms with van der Waals surface area (Å²) in [6.07, 6.45) is -1.34. The molecule has 44 heavy (non-hydrogen) atoms. The molecule has 0 radical (unpaired) electrons. The molecule has 12 heteroatoms. The van der Waals surface area contributed by atoms with Crippen LogP contribution >= 0.6 is 11.6 Å². The second kappa shape index (κ2) is 12.8. The highest BCUT2D eigenvalue weighted by molar-refractivity contribution is 6.30. The van der Waals surface area contributed by atoms with Crippen molar-refractivity contribution in [3.05, 3.63) is 125 Å². The van der Waals surface area contributed by atoms with Gasteiger partial charge in [0.15, 0.2) is 5.69 Å². The zero-order valence-corrected chi connectivity index (χ0v) is 23.9. The van der Waals surface area contributed by atoms with Gasteiger partial charge in [-0.05, 0) is 70.8 Å². The number of ether oxygens (including phenoxy) is 1. The molecule has 1 N–H and O–H groups in total. The van der Waals surface area contributed by atoms with E-state index in [-0.39, 0.29) is 24.4 Å². The van der Waals surface area contributed by atoms with Crippen molar-refractivity contribution in [3.8, 4) is 16.9 Å². The second-order valence-corrected chi connectivity index (χ2v) is 10.3. The number of nitrogens with zero attached hydrogens (tertiary/aromatic N) is 3. The largest absolute Gasteiger partial charge is 0.508 e. The molecule has 0 aliphatic rings. The van der Waals surface area contributed by atoms with Gasteiger partial charge in [0.2, 0.25) is 0 Å². The first kappa shape index (κ1) is 30.6. The van der Waals surface area contributed by atoms with Crippen LogP contribution < -0.4 is 0 Å². The van der Waals surface area contributed by atoms with Crippen LogP contribution in [0.5, 0.6) is 5.75 Å². The van der Waals surface area contributed by atoms with Gasteiger partial charge in [-0.3, -0.25) is 4.79 Å². The van der Waals surface area contributed by atoms with Crippen LogP contribution in [0.4, 0.5) is 13.2 Å². The Morgan fingerprint density at radius 3 is 2.25 bits per heavy atom. The maximum Gasteiger partial charge on any atom is 0.416 e. The Morgan fingerprint density at radius 2 is 1.61 bits per heavy atom. The molecule has 0 unspecified atom stereocenters. The van der Waals surface area contributed by atoms with Gasteiger partial charge in [-0.1, -0.05) is 48.0 Å². The van der Waals surface area contributed by atoms with E-state index >= 15 is 0 Å². The van der Waals surface area contributed by atoms with E-state index in [4.69, 9.17) is 21.2 Å². The fraction of sp³-hybridized carbons (Fsp3) is 0.156. The van der Waals surface area contributed by atoms with Crippen molar-refractivity contribution in [2.45, 2.75) is 25.2 Å². The number of imidazole rings is 1. The van der Waals surface area contributed by atoms with E-state index in [0.29, 0.717) is 21.8 Å². The van der Waals surface area contributed by atoms with Gasteiger partial charge in [0.1, 0.15) is 17.4 Å². The lowest BCUT2D eigenvalue weighted by molar-refractivity contribution is -0.177. The van der Waals surface area contributed by atoms with Crippen LogP contribution in [0.1, 0.15) is 27.2 Å². The number of hydrogen-bond acceptors (Lipinski definition) is 7. The highest BCUT2D eigenvalue weighted by atomic mass is 35.5. The number of phenols is 1. The summed E-state index contributed by atoms with van der Waals surface area (Å²) in [7, 11) is 1.17. The Balaban J connectivity index is 1.45. The number of rotatable bonds is 9. The number of carbonyl (C=O) groups excluding carboxylic acids is 2. The maximum absolute atomic E-state index is 13.4. The van der Waals surface area contributed by atoms with Crippen LogP contribution in [0.15, 0.2) is 97.3 Å². The van der Waals surface area contributed by atoms with Gasteiger partial charge in [0.25, 0.3) is 0 Å². The third kappa shape index (κ3) is 7.19. The molecule has 0 aliphatic heterocycles. The minimum Gasteiger partial charge on any atom is -0.508 e. The molecule has 2 aromatic heterocycles. The number of halogens is 4. The summed E-state index contributed by atoms with van der Waals surface area (Å²) in [5.41, 5.74) is 2.21. The number of fused-ring (bicyclic) bond motifs is 1. The molecule has 0 bridgehead atoms. The van der Waals surface area contributed by atoms with E-state index in [1.54, 1.807) is 40.9 Å². The summed E-state index contributed by atoms with van der Waals surface area (Å²) in [4.78, 5) is 36.5. The van der Waals surface area contributed by atoms with Gasteiger partial charge in [-0.15, -0.1) is 5.06 Å². The number of aromatic hydroxyl groups is 1. The number of benzene rings is 3. The van der Waals surface area contributed by atoms with Gasteiger partial charge < -0.3 is 19.1 Å². The van der Waals surface area contributed by atoms with Crippen LogP contribution in [0.25, 0.3) is 16.8 Å². The molecule has 3 aromatic carbocycles. The van der Waals surface area contributed by atoms with E-state index < -0.39 is 29.7 Å². The van der Waals surface area contributed by atoms with Crippen molar-refractivity contribution in [3.63, 3.8) is 0 Å². The van der Waals surface area contributed by atoms with Crippen LogP contribution in [0.3, 0.4) is 0 Å². The van der Waals surface area contributed by atoms with Crippen molar-refractivity contribution in [1.29, 1.82) is 0 Å². The minimum absolute atomic E-state index is 0.00349. The quantitative estimate of drug-likeness (QED) is 0.144. The van der Waals surface area contributed by atoms with Crippen LogP contribution in [-0.4, -0.2) is 44.6 Å². The number of hydroxylamine groups is 2. The molecule has 1 atom stereocenters. The Bertz CT molecular complexity index is 1770. The Morgan fingerprint density at radius 1 is 0.955 bits per heavy atom. The zero-order valence-electron chi connectivity index (χ0n) is 23.2. The smallest absolute Gasteiger partial charge is 0.416 e. The number of methoxy groups -OCH3 is 1. The van der Waals surface area contributed by atoms with Crippen molar-refractivity contribution in [2.75, 3.05) is 7.11 Å². The SMILES string of the molecule is COC(=O)[C@H](Cc1ccc(O)cc1)N(Cc1ccc(C(F)(F)F)cc1)OC(=O)c1cn2ccc(-c3ccc(Cl)cc3)cc2n1. The molecule has 5 aromatic rings. The van der Waals surface area contributed by atoms with E-state index in [2.05, 4.69) is 4.98 Å². The summed E-state index contributed by atoms with van der Waals surface area (Å²) in [6, 6.07) is 20.0. The summed E-state index contributed by atoms with van der Waals surface area (Å²) in [5, 5.41) is 11.3. The molecule has 0 spiro atoms. The summed E-state index contributed by atoms with van der Waals surface area (Å²) in [6.45, 7) is -0.240. The van der Waals surface area contributed by atoms with E-state index in [9.17, 15) is 27.9 Å². The van der Waals surface area contributed by atoms with Crippen molar-refractivity contribution >= 4 is 29.2 Å². The number of carbonyl (C=O) groups is 2. The fourth-order valence-electron chi connectivity index (χ4n) is 4.53. The van der Waals surface area contributed by atoms with Gasteiger partial charge >= 0.3 is 18.1 Å². The molecule has 226 valence electrons. The average Bonchev–Trinajstić information content (AvgIpc) is 3.44. The Labute approximate surface area is 254 Å².